The minimum absolute atomic E-state index is 0.257. The molecule has 20 heavy (non-hydrogen) atoms. The summed E-state index contributed by atoms with van der Waals surface area (Å²) in [5.41, 5.74) is 2.23. The molecule has 0 fully saturated rings. The molecule has 0 N–H and O–H groups in total. The third kappa shape index (κ3) is 2.00. The first-order chi connectivity index (χ1) is 9.70. The van der Waals surface area contributed by atoms with E-state index in [1.165, 1.54) is 18.0 Å². The first-order valence-electron chi connectivity index (χ1n) is 5.75. The van der Waals surface area contributed by atoms with Gasteiger partial charge in [0.1, 0.15) is 16.2 Å². The zero-order valence-electron chi connectivity index (χ0n) is 10.4. The number of esters is 1. The highest BCUT2D eigenvalue weighted by atomic mass is 35.5. The molecule has 3 rings (SSSR count). The van der Waals surface area contributed by atoms with Crippen LogP contribution in [0.25, 0.3) is 16.7 Å². The molecule has 100 valence electrons. The molecule has 0 radical (unpaired) electrons. The minimum Gasteiger partial charge on any atom is -0.465 e. The number of pyridine rings is 1. The maximum atomic E-state index is 11.8. The fourth-order valence-electron chi connectivity index (χ4n) is 1.91. The standard InChI is InChI=1S/C13H9ClN4O2/c1-20-13(19)8-7-15-12(14)6-11(8)18-10-5-3-2-4-9(10)16-17-18/h2-7H,1H3. The molecular formula is C13H9ClN4O2. The molecule has 6 nitrogen and oxygen atoms in total. The summed E-state index contributed by atoms with van der Waals surface area (Å²) >= 11 is 5.91. The zero-order chi connectivity index (χ0) is 14.1. The van der Waals surface area contributed by atoms with E-state index in [0.29, 0.717) is 5.69 Å². The number of ether oxygens (including phenoxy) is 1. The van der Waals surface area contributed by atoms with Gasteiger partial charge in [0, 0.05) is 12.3 Å². The highest BCUT2D eigenvalue weighted by molar-refractivity contribution is 6.29. The highest BCUT2D eigenvalue weighted by Gasteiger charge is 2.17. The first kappa shape index (κ1) is 12.6. The van der Waals surface area contributed by atoms with Gasteiger partial charge in [0.2, 0.25) is 0 Å². The number of benzene rings is 1. The third-order valence-corrected chi connectivity index (χ3v) is 3.04. The summed E-state index contributed by atoms with van der Waals surface area (Å²) in [5, 5.41) is 8.36. The number of nitrogens with zero attached hydrogens (tertiary/aromatic N) is 4. The van der Waals surface area contributed by atoms with E-state index >= 15 is 0 Å². The molecule has 2 aromatic heterocycles. The predicted octanol–water partition coefficient (Wildman–Crippen LogP) is 2.26. The van der Waals surface area contributed by atoms with Gasteiger partial charge in [-0.3, -0.25) is 0 Å². The first-order valence-corrected chi connectivity index (χ1v) is 6.13. The van der Waals surface area contributed by atoms with Gasteiger partial charge in [0.05, 0.1) is 18.3 Å². The van der Waals surface area contributed by atoms with Crippen molar-refractivity contribution in [1.82, 2.24) is 20.0 Å². The van der Waals surface area contributed by atoms with Gasteiger partial charge < -0.3 is 4.74 Å². The van der Waals surface area contributed by atoms with E-state index in [1.54, 1.807) is 6.07 Å². The maximum Gasteiger partial charge on any atom is 0.341 e. The van der Waals surface area contributed by atoms with Crippen LogP contribution in [0.4, 0.5) is 0 Å². The van der Waals surface area contributed by atoms with E-state index in [9.17, 15) is 4.79 Å². The SMILES string of the molecule is COC(=O)c1cnc(Cl)cc1-n1nnc2ccccc21. The molecule has 0 saturated carbocycles. The van der Waals surface area contributed by atoms with Crippen molar-refractivity contribution in [3.8, 4) is 5.69 Å². The Balaban J connectivity index is 2.28. The Kier molecular flexibility index (Phi) is 3.08. The Morgan fingerprint density at radius 1 is 1.35 bits per heavy atom. The van der Waals surface area contributed by atoms with Crippen molar-refractivity contribution < 1.29 is 9.53 Å². The molecule has 0 unspecified atom stereocenters. The molecule has 0 aliphatic heterocycles. The molecule has 2 heterocycles. The van der Waals surface area contributed by atoms with Crippen LogP contribution in [0.5, 0.6) is 0 Å². The second kappa shape index (κ2) is 4.90. The summed E-state index contributed by atoms with van der Waals surface area (Å²) in [6.45, 7) is 0. The molecule has 0 aliphatic rings. The highest BCUT2D eigenvalue weighted by Crippen LogP contribution is 2.22. The Labute approximate surface area is 118 Å². The lowest BCUT2D eigenvalue weighted by atomic mass is 10.2. The summed E-state index contributed by atoms with van der Waals surface area (Å²) in [5.74, 6) is -0.510. The summed E-state index contributed by atoms with van der Waals surface area (Å²) in [7, 11) is 1.31. The van der Waals surface area contributed by atoms with Gasteiger partial charge in [-0.25, -0.2) is 14.5 Å². The molecule has 0 amide bonds. The number of hydrogen-bond donors (Lipinski definition) is 0. The minimum atomic E-state index is -0.510. The number of rotatable bonds is 2. The normalized spacial score (nSPS) is 10.7. The van der Waals surface area contributed by atoms with Crippen LogP contribution in [-0.4, -0.2) is 33.1 Å². The van der Waals surface area contributed by atoms with Gasteiger partial charge in [0.15, 0.2) is 0 Å². The van der Waals surface area contributed by atoms with E-state index in [-0.39, 0.29) is 10.7 Å². The summed E-state index contributed by atoms with van der Waals surface area (Å²) in [4.78, 5) is 15.7. The zero-order valence-corrected chi connectivity index (χ0v) is 11.2. The average molecular weight is 289 g/mol. The van der Waals surface area contributed by atoms with Gasteiger partial charge in [-0.2, -0.15) is 0 Å². The molecule has 0 aliphatic carbocycles. The molecule has 0 saturated heterocycles. The number of halogens is 1. The van der Waals surface area contributed by atoms with Gasteiger partial charge in [-0.1, -0.05) is 28.9 Å². The van der Waals surface area contributed by atoms with Crippen LogP contribution in [0.15, 0.2) is 36.5 Å². The fraction of sp³-hybridized carbons (Fsp3) is 0.0769. The van der Waals surface area contributed by atoms with Crippen molar-refractivity contribution in [2.45, 2.75) is 0 Å². The average Bonchev–Trinajstić information content (AvgIpc) is 2.90. The largest absolute Gasteiger partial charge is 0.465 e. The molecule has 0 bridgehead atoms. The van der Waals surface area contributed by atoms with Crippen LogP contribution in [0.2, 0.25) is 5.15 Å². The van der Waals surface area contributed by atoms with Gasteiger partial charge in [0.25, 0.3) is 0 Å². The second-order valence-corrected chi connectivity index (χ2v) is 4.39. The topological polar surface area (TPSA) is 69.9 Å². The molecule has 7 heteroatoms. The summed E-state index contributed by atoms with van der Waals surface area (Å²) in [6, 6.07) is 8.96. The number of carbonyl (C=O) groups excluding carboxylic acids is 1. The van der Waals surface area contributed by atoms with Crippen LogP contribution in [0.3, 0.4) is 0 Å². The number of aromatic nitrogens is 4. The Bertz CT molecular complexity index is 800. The van der Waals surface area contributed by atoms with Crippen molar-refractivity contribution in [2.75, 3.05) is 7.11 Å². The van der Waals surface area contributed by atoms with Crippen LogP contribution in [0.1, 0.15) is 10.4 Å². The Hall–Kier alpha value is -2.47. The van der Waals surface area contributed by atoms with E-state index < -0.39 is 5.97 Å². The fourth-order valence-corrected chi connectivity index (χ4v) is 2.06. The molecule has 3 aromatic rings. The molecule has 1 aromatic carbocycles. The third-order valence-electron chi connectivity index (χ3n) is 2.83. The van der Waals surface area contributed by atoms with Crippen molar-refractivity contribution >= 4 is 28.6 Å². The van der Waals surface area contributed by atoms with E-state index in [2.05, 4.69) is 15.3 Å². The van der Waals surface area contributed by atoms with Crippen LogP contribution in [-0.2, 0) is 4.74 Å². The maximum absolute atomic E-state index is 11.8. The lowest BCUT2D eigenvalue weighted by molar-refractivity contribution is 0.0600. The quantitative estimate of drug-likeness (QED) is 0.534. The lowest BCUT2D eigenvalue weighted by Crippen LogP contribution is -2.09. The number of carbonyl (C=O) groups is 1. The van der Waals surface area contributed by atoms with Crippen molar-refractivity contribution in [3.63, 3.8) is 0 Å². The number of methoxy groups -OCH3 is 1. The molecular weight excluding hydrogens is 280 g/mol. The molecule has 0 atom stereocenters. The van der Waals surface area contributed by atoms with Gasteiger partial charge in [-0.05, 0) is 12.1 Å². The Morgan fingerprint density at radius 3 is 2.95 bits per heavy atom. The predicted molar refractivity (Wildman–Crippen MR) is 73.0 cm³/mol. The van der Waals surface area contributed by atoms with Crippen LogP contribution >= 0.6 is 11.6 Å². The Morgan fingerprint density at radius 2 is 2.15 bits per heavy atom. The number of hydrogen-bond acceptors (Lipinski definition) is 5. The smallest absolute Gasteiger partial charge is 0.341 e. The summed E-state index contributed by atoms with van der Waals surface area (Å²) in [6.07, 6.45) is 1.36. The van der Waals surface area contributed by atoms with Crippen molar-refractivity contribution in [2.24, 2.45) is 0 Å². The lowest BCUT2D eigenvalue weighted by Gasteiger charge is -2.08. The van der Waals surface area contributed by atoms with Crippen LogP contribution < -0.4 is 0 Å². The summed E-state index contributed by atoms with van der Waals surface area (Å²) < 4.78 is 6.28. The van der Waals surface area contributed by atoms with E-state index in [1.807, 2.05) is 24.3 Å². The number of fused-ring (bicyclic) bond motifs is 1. The molecule has 0 spiro atoms. The van der Waals surface area contributed by atoms with Gasteiger partial charge >= 0.3 is 5.97 Å². The number of para-hydroxylation sites is 1. The van der Waals surface area contributed by atoms with Gasteiger partial charge in [-0.15, -0.1) is 5.10 Å². The second-order valence-electron chi connectivity index (χ2n) is 4.01. The van der Waals surface area contributed by atoms with E-state index in [4.69, 9.17) is 16.3 Å². The van der Waals surface area contributed by atoms with Crippen molar-refractivity contribution in [1.29, 1.82) is 0 Å². The van der Waals surface area contributed by atoms with Crippen molar-refractivity contribution in [3.05, 3.63) is 47.2 Å². The van der Waals surface area contributed by atoms with Crippen LogP contribution in [0, 0.1) is 0 Å². The van der Waals surface area contributed by atoms with E-state index in [0.717, 1.165) is 11.0 Å². The monoisotopic (exact) mass is 288 g/mol.